The number of ether oxygens (including phenoxy) is 2. The third kappa shape index (κ3) is 3.27. The van der Waals surface area contributed by atoms with Crippen LogP contribution >= 0.6 is 28.3 Å². The Morgan fingerprint density at radius 2 is 2.12 bits per heavy atom. The lowest BCUT2D eigenvalue weighted by atomic mass is 10.1. The highest BCUT2D eigenvalue weighted by Gasteiger charge is 2.18. The smallest absolute Gasteiger partial charge is 0.162 e. The van der Waals surface area contributed by atoms with Crippen molar-refractivity contribution in [2.24, 2.45) is 5.92 Å². The molecule has 2 rings (SSSR count). The second-order valence-electron chi connectivity index (χ2n) is 3.63. The third-order valence-electron chi connectivity index (χ3n) is 2.47. The largest absolute Gasteiger partial charge is 0.493 e. The van der Waals surface area contributed by atoms with E-state index in [2.05, 4.69) is 21.2 Å². The average Bonchev–Trinajstić information content (AvgIpc) is 2.16. The van der Waals surface area contributed by atoms with E-state index < -0.39 is 0 Å². The average molecular weight is 309 g/mol. The summed E-state index contributed by atoms with van der Waals surface area (Å²) < 4.78 is 11.9. The van der Waals surface area contributed by atoms with E-state index in [0.29, 0.717) is 5.92 Å². The first-order valence-corrected chi connectivity index (χ1v) is 5.76. The van der Waals surface area contributed by atoms with Crippen molar-refractivity contribution in [3.05, 3.63) is 22.7 Å². The predicted octanol–water partition coefficient (Wildman–Crippen LogP) is 2.48. The Bertz CT molecular complexity index is 345. The maximum Gasteiger partial charge on any atom is 0.162 e. The Morgan fingerprint density at radius 3 is 2.69 bits per heavy atom. The van der Waals surface area contributed by atoms with Crippen molar-refractivity contribution >= 4 is 28.3 Å². The van der Waals surface area contributed by atoms with Crippen LogP contribution in [0.2, 0.25) is 0 Å². The minimum Gasteiger partial charge on any atom is -0.493 e. The molecule has 16 heavy (non-hydrogen) atoms. The maximum absolute atomic E-state index is 5.72. The van der Waals surface area contributed by atoms with Crippen molar-refractivity contribution in [2.75, 3.05) is 26.8 Å². The molecule has 1 aliphatic rings. The second-order valence-corrected chi connectivity index (χ2v) is 4.55. The highest BCUT2D eigenvalue weighted by Crippen LogP contribution is 2.30. The van der Waals surface area contributed by atoms with Crippen LogP contribution in [0.1, 0.15) is 0 Å². The zero-order valence-corrected chi connectivity index (χ0v) is 11.4. The lowest BCUT2D eigenvalue weighted by Crippen LogP contribution is -2.45. The summed E-state index contributed by atoms with van der Waals surface area (Å²) in [6.07, 6.45) is 0. The molecule has 0 saturated carbocycles. The minimum atomic E-state index is 0. The molecule has 0 spiro atoms. The molecule has 0 aliphatic carbocycles. The van der Waals surface area contributed by atoms with Crippen LogP contribution in [0.4, 0.5) is 0 Å². The van der Waals surface area contributed by atoms with E-state index >= 15 is 0 Å². The number of hydrogen-bond acceptors (Lipinski definition) is 3. The van der Waals surface area contributed by atoms with E-state index in [9.17, 15) is 0 Å². The van der Waals surface area contributed by atoms with Crippen LogP contribution in [-0.2, 0) is 0 Å². The summed E-state index contributed by atoms with van der Waals surface area (Å²) in [6.45, 7) is 2.85. The summed E-state index contributed by atoms with van der Waals surface area (Å²) in [5, 5.41) is 3.22. The van der Waals surface area contributed by atoms with Crippen LogP contribution in [0.3, 0.4) is 0 Å². The van der Waals surface area contributed by atoms with Gasteiger partial charge >= 0.3 is 0 Å². The van der Waals surface area contributed by atoms with Gasteiger partial charge in [-0.2, -0.15) is 0 Å². The number of benzene rings is 1. The van der Waals surface area contributed by atoms with E-state index in [4.69, 9.17) is 9.47 Å². The molecule has 0 amide bonds. The third-order valence-corrected chi connectivity index (χ3v) is 2.96. The summed E-state index contributed by atoms with van der Waals surface area (Å²) in [7, 11) is 1.65. The van der Waals surface area contributed by atoms with Gasteiger partial charge in [0.2, 0.25) is 0 Å². The fourth-order valence-electron chi connectivity index (χ4n) is 1.44. The molecule has 0 aromatic heterocycles. The number of methoxy groups -OCH3 is 1. The molecule has 0 bridgehead atoms. The second kappa shape index (κ2) is 6.33. The van der Waals surface area contributed by atoms with Gasteiger partial charge < -0.3 is 14.8 Å². The summed E-state index contributed by atoms with van der Waals surface area (Å²) in [5.41, 5.74) is 0. The summed E-state index contributed by atoms with van der Waals surface area (Å²) >= 11 is 3.42. The highest BCUT2D eigenvalue weighted by molar-refractivity contribution is 9.10. The summed E-state index contributed by atoms with van der Waals surface area (Å²) in [4.78, 5) is 0. The molecule has 1 fully saturated rings. The van der Waals surface area contributed by atoms with Gasteiger partial charge in [0.05, 0.1) is 13.7 Å². The van der Waals surface area contributed by atoms with E-state index in [1.165, 1.54) is 0 Å². The summed E-state index contributed by atoms with van der Waals surface area (Å²) in [5.74, 6) is 2.22. The lowest BCUT2D eigenvalue weighted by molar-refractivity contribution is 0.193. The molecule has 3 nitrogen and oxygen atoms in total. The van der Waals surface area contributed by atoms with Gasteiger partial charge in [-0.25, -0.2) is 0 Å². The normalized spacial score (nSPS) is 14.9. The van der Waals surface area contributed by atoms with Crippen LogP contribution in [0.15, 0.2) is 22.7 Å². The topological polar surface area (TPSA) is 30.5 Å². The van der Waals surface area contributed by atoms with E-state index in [0.717, 1.165) is 35.7 Å². The number of hydrogen-bond donors (Lipinski definition) is 1. The zero-order chi connectivity index (χ0) is 10.7. The van der Waals surface area contributed by atoms with Gasteiger partial charge in [-0.15, -0.1) is 12.4 Å². The van der Waals surface area contributed by atoms with Gasteiger partial charge in [-0.3, -0.25) is 0 Å². The van der Waals surface area contributed by atoms with E-state index in [-0.39, 0.29) is 12.4 Å². The molecule has 0 radical (unpaired) electrons. The van der Waals surface area contributed by atoms with Gasteiger partial charge in [0.25, 0.3) is 0 Å². The number of nitrogens with one attached hydrogen (secondary N) is 1. The van der Waals surface area contributed by atoms with E-state index in [1.807, 2.05) is 18.2 Å². The Balaban J connectivity index is 0.00000128. The lowest BCUT2D eigenvalue weighted by Gasteiger charge is -2.27. The van der Waals surface area contributed by atoms with Gasteiger partial charge in [-0.1, -0.05) is 15.9 Å². The molecule has 0 unspecified atom stereocenters. The molecule has 1 N–H and O–H groups in total. The molecule has 90 valence electrons. The Hall–Kier alpha value is -0.450. The standard InChI is InChI=1S/C11H14BrNO2.ClH/c1-14-10-3-2-9(12)4-11(10)15-7-8-5-13-6-8;/h2-4,8,13H,5-7H2,1H3;1H. The molecular formula is C11H15BrClNO2. The van der Waals surface area contributed by atoms with Gasteiger partial charge in [0.15, 0.2) is 11.5 Å². The molecular weight excluding hydrogens is 293 g/mol. The van der Waals surface area contributed by atoms with Crippen LogP contribution in [0.25, 0.3) is 0 Å². The number of halogens is 2. The van der Waals surface area contributed by atoms with Crippen molar-refractivity contribution in [3.8, 4) is 11.5 Å². The van der Waals surface area contributed by atoms with Gasteiger partial charge in [0, 0.05) is 23.5 Å². The SMILES string of the molecule is COc1ccc(Br)cc1OCC1CNC1.Cl. The monoisotopic (exact) mass is 307 g/mol. The van der Waals surface area contributed by atoms with Crippen molar-refractivity contribution in [2.45, 2.75) is 0 Å². The minimum absolute atomic E-state index is 0. The Kier molecular flexibility index (Phi) is 5.38. The molecule has 1 saturated heterocycles. The number of rotatable bonds is 4. The zero-order valence-electron chi connectivity index (χ0n) is 9.03. The predicted molar refractivity (Wildman–Crippen MR) is 69.8 cm³/mol. The Morgan fingerprint density at radius 1 is 1.38 bits per heavy atom. The first-order chi connectivity index (χ1) is 7.29. The fraction of sp³-hybridized carbons (Fsp3) is 0.455. The van der Waals surface area contributed by atoms with Crippen molar-refractivity contribution in [1.82, 2.24) is 5.32 Å². The van der Waals surface area contributed by atoms with Crippen molar-refractivity contribution in [1.29, 1.82) is 0 Å². The van der Waals surface area contributed by atoms with Crippen molar-refractivity contribution < 1.29 is 9.47 Å². The highest BCUT2D eigenvalue weighted by atomic mass is 79.9. The van der Waals surface area contributed by atoms with Gasteiger partial charge in [0.1, 0.15) is 0 Å². The molecule has 5 heteroatoms. The maximum atomic E-state index is 5.72. The quantitative estimate of drug-likeness (QED) is 0.927. The fourth-order valence-corrected chi connectivity index (χ4v) is 1.78. The molecule has 1 aromatic rings. The molecule has 0 atom stereocenters. The molecule has 1 aromatic carbocycles. The van der Waals surface area contributed by atoms with Crippen molar-refractivity contribution in [3.63, 3.8) is 0 Å². The van der Waals surface area contributed by atoms with Gasteiger partial charge in [-0.05, 0) is 18.2 Å². The van der Waals surface area contributed by atoms with Crippen LogP contribution in [-0.4, -0.2) is 26.8 Å². The van der Waals surface area contributed by atoms with Crippen LogP contribution < -0.4 is 14.8 Å². The van der Waals surface area contributed by atoms with Crippen LogP contribution in [0.5, 0.6) is 11.5 Å². The first-order valence-electron chi connectivity index (χ1n) is 4.96. The summed E-state index contributed by atoms with van der Waals surface area (Å²) in [6, 6.07) is 5.78. The first kappa shape index (κ1) is 13.6. The Labute approximate surface area is 110 Å². The van der Waals surface area contributed by atoms with Crippen LogP contribution in [0, 0.1) is 5.92 Å². The van der Waals surface area contributed by atoms with E-state index in [1.54, 1.807) is 7.11 Å². The molecule has 1 heterocycles. The molecule has 1 aliphatic heterocycles.